The number of thiocarbonyl (C=S) groups is 1. The zero-order chi connectivity index (χ0) is 22.1. The molecule has 0 fully saturated rings. The van der Waals surface area contributed by atoms with E-state index in [2.05, 4.69) is 29.8 Å². The lowest BCUT2D eigenvalue weighted by Crippen LogP contribution is -2.34. The molecule has 7 heteroatoms. The second-order valence-corrected chi connectivity index (χ2v) is 8.27. The highest BCUT2D eigenvalue weighted by molar-refractivity contribution is 7.80. The van der Waals surface area contributed by atoms with E-state index in [-0.39, 0.29) is 16.9 Å². The lowest BCUT2D eigenvalue weighted by atomic mass is 10.1. The second-order valence-electron chi connectivity index (χ2n) is 7.86. The van der Waals surface area contributed by atoms with Crippen molar-refractivity contribution in [3.05, 3.63) is 54.1 Å². The van der Waals surface area contributed by atoms with Gasteiger partial charge in [0.25, 0.3) is 5.91 Å². The summed E-state index contributed by atoms with van der Waals surface area (Å²) < 4.78 is 5.66. The van der Waals surface area contributed by atoms with Gasteiger partial charge in [0, 0.05) is 23.4 Å². The molecule has 0 aromatic heterocycles. The van der Waals surface area contributed by atoms with Gasteiger partial charge in [0.2, 0.25) is 5.91 Å². The number of carbonyl (C=O) groups is 2. The molecule has 0 saturated heterocycles. The fourth-order valence-electron chi connectivity index (χ4n) is 2.55. The summed E-state index contributed by atoms with van der Waals surface area (Å²) in [5.41, 5.74) is 1.87. The molecular formula is C23H29N3O3S. The van der Waals surface area contributed by atoms with Gasteiger partial charge in [-0.25, -0.2) is 0 Å². The normalized spacial score (nSPS) is 10.6. The molecule has 0 atom stereocenters. The van der Waals surface area contributed by atoms with Crippen LogP contribution in [0.5, 0.6) is 5.75 Å². The summed E-state index contributed by atoms with van der Waals surface area (Å²) in [6, 6.07) is 14.1. The van der Waals surface area contributed by atoms with Crippen molar-refractivity contribution in [3.63, 3.8) is 0 Å². The maximum absolute atomic E-state index is 12.5. The number of nitrogens with one attached hydrogen (secondary N) is 3. The average molecular weight is 428 g/mol. The molecule has 0 saturated carbocycles. The van der Waals surface area contributed by atoms with Gasteiger partial charge in [0.15, 0.2) is 5.11 Å². The summed E-state index contributed by atoms with van der Waals surface area (Å²) >= 11 is 5.24. The molecule has 0 radical (unpaired) electrons. The van der Waals surface area contributed by atoms with Crippen LogP contribution in [0.3, 0.4) is 0 Å². The van der Waals surface area contributed by atoms with E-state index < -0.39 is 0 Å². The average Bonchev–Trinajstić information content (AvgIpc) is 2.67. The van der Waals surface area contributed by atoms with Gasteiger partial charge in [-0.15, -0.1) is 0 Å². The predicted molar refractivity (Wildman–Crippen MR) is 125 cm³/mol. The van der Waals surface area contributed by atoms with Gasteiger partial charge in [0.05, 0.1) is 6.61 Å². The van der Waals surface area contributed by atoms with Crippen molar-refractivity contribution in [3.8, 4) is 5.75 Å². The fourth-order valence-corrected chi connectivity index (χ4v) is 2.76. The van der Waals surface area contributed by atoms with Crippen molar-refractivity contribution in [1.82, 2.24) is 5.32 Å². The summed E-state index contributed by atoms with van der Waals surface area (Å²) in [6.45, 7) is 8.70. The molecule has 0 aliphatic heterocycles. The van der Waals surface area contributed by atoms with E-state index >= 15 is 0 Å². The lowest BCUT2D eigenvalue weighted by Gasteiger charge is -2.12. The zero-order valence-corrected chi connectivity index (χ0v) is 18.6. The molecule has 2 amide bonds. The first-order valence-electron chi connectivity index (χ1n) is 9.98. The highest BCUT2D eigenvalue weighted by atomic mass is 32.1. The Morgan fingerprint density at radius 1 is 0.933 bits per heavy atom. The van der Waals surface area contributed by atoms with Crippen LogP contribution in [-0.4, -0.2) is 23.5 Å². The van der Waals surface area contributed by atoms with Crippen LogP contribution >= 0.6 is 12.2 Å². The summed E-state index contributed by atoms with van der Waals surface area (Å²) in [7, 11) is 0. The van der Waals surface area contributed by atoms with E-state index in [1.807, 2.05) is 19.9 Å². The third-order valence-electron chi connectivity index (χ3n) is 3.93. The Morgan fingerprint density at radius 3 is 2.17 bits per heavy atom. The quantitative estimate of drug-likeness (QED) is 0.526. The van der Waals surface area contributed by atoms with Crippen LogP contribution in [0.25, 0.3) is 0 Å². The number of benzene rings is 2. The van der Waals surface area contributed by atoms with Crippen molar-refractivity contribution in [2.24, 2.45) is 11.8 Å². The lowest BCUT2D eigenvalue weighted by molar-refractivity contribution is -0.116. The minimum Gasteiger partial charge on any atom is -0.493 e. The molecule has 3 N–H and O–H groups in total. The molecule has 0 aliphatic carbocycles. The fraction of sp³-hybridized carbons (Fsp3) is 0.348. The molecule has 0 aliphatic rings. The number of ether oxygens (including phenoxy) is 1. The molecule has 0 unspecified atom stereocenters. The van der Waals surface area contributed by atoms with E-state index in [0.717, 1.165) is 0 Å². The minimum absolute atomic E-state index is 0.0203. The van der Waals surface area contributed by atoms with E-state index in [9.17, 15) is 9.59 Å². The monoisotopic (exact) mass is 427 g/mol. The highest BCUT2D eigenvalue weighted by Crippen LogP contribution is 2.16. The van der Waals surface area contributed by atoms with Crippen LogP contribution in [0.15, 0.2) is 48.5 Å². The summed E-state index contributed by atoms with van der Waals surface area (Å²) in [5, 5.41) is 8.66. The standard InChI is InChI=1S/C23H29N3O3S/c1-15(2)12-21(27)24-18-8-10-19(11-9-18)25-23(30)26-22(28)17-6-5-7-20(13-17)29-14-16(3)4/h5-11,13,15-16H,12,14H2,1-4H3,(H,24,27)(H2,25,26,28,30). The third kappa shape index (κ3) is 8.21. The molecule has 2 aromatic carbocycles. The number of hydrogen-bond donors (Lipinski definition) is 3. The van der Waals surface area contributed by atoms with Gasteiger partial charge in [-0.05, 0) is 66.5 Å². The van der Waals surface area contributed by atoms with Crippen LogP contribution < -0.4 is 20.7 Å². The van der Waals surface area contributed by atoms with E-state index in [0.29, 0.717) is 47.6 Å². The number of hydrogen-bond acceptors (Lipinski definition) is 4. The SMILES string of the molecule is CC(C)COc1cccc(C(=O)NC(=S)Nc2ccc(NC(=O)CC(C)C)cc2)c1. The molecule has 0 heterocycles. The Labute approximate surface area is 183 Å². The summed E-state index contributed by atoms with van der Waals surface area (Å²) in [4.78, 5) is 24.3. The zero-order valence-electron chi connectivity index (χ0n) is 17.8. The largest absolute Gasteiger partial charge is 0.493 e. The van der Waals surface area contributed by atoms with E-state index in [1.165, 1.54) is 0 Å². The Morgan fingerprint density at radius 2 is 1.57 bits per heavy atom. The van der Waals surface area contributed by atoms with Gasteiger partial charge in [-0.3, -0.25) is 14.9 Å². The van der Waals surface area contributed by atoms with Gasteiger partial charge in [0.1, 0.15) is 5.75 Å². The minimum atomic E-state index is -0.319. The Kier molecular flexibility index (Phi) is 8.80. The van der Waals surface area contributed by atoms with Crippen molar-refractivity contribution >= 4 is 40.5 Å². The third-order valence-corrected chi connectivity index (χ3v) is 4.13. The van der Waals surface area contributed by atoms with Gasteiger partial charge < -0.3 is 15.4 Å². The number of carbonyl (C=O) groups excluding carboxylic acids is 2. The smallest absolute Gasteiger partial charge is 0.257 e. The molecule has 6 nitrogen and oxygen atoms in total. The topological polar surface area (TPSA) is 79.5 Å². The van der Waals surface area contributed by atoms with Gasteiger partial charge in [-0.2, -0.15) is 0 Å². The van der Waals surface area contributed by atoms with E-state index in [4.69, 9.17) is 17.0 Å². The van der Waals surface area contributed by atoms with Crippen molar-refractivity contribution in [2.75, 3.05) is 17.2 Å². The first-order valence-corrected chi connectivity index (χ1v) is 10.4. The molecule has 0 spiro atoms. The van der Waals surface area contributed by atoms with Gasteiger partial charge in [-0.1, -0.05) is 33.8 Å². The van der Waals surface area contributed by atoms with Crippen molar-refractivity contribution in [1.29, 1.82) is 0 Å². The Balaban J connectivity index is 1.88. The van der Waals surface area contributed by atoms with Crippen LogP contribution in [-0.2, 0) is 4.79 Å². The Bertz CT molecular complexity index is 880. The van der Waals surface area contributed by atoms with Crippen LogP contribution in [0.1, 0.15) is 44.5 Å². The molecule has 0 bridgehead atoms. The Hall–Kier alpha value is -2.93. The molecule has 30 heavy (non-hydrogen) atoms. The molecule has 2 aromatic rings. The maximum Gasteiger partial charge on any atom is 0.257 e. The first kappa shape index (κ1) is 23.3. The van der Waals surface area contributed by atoms with Crippen molar-refractivity contribution < 1.29 is 14.3 Å². The second kappa shape index (κ2) is 11.3. The number of anilines is 2. The van der Waals surface area contributed by atoms with Crippen LogP contribution in [0.2, 0.25) is 0 Å². The van der Waals surface area contributed by atoms with Gasteiger partial charge >= 0.3 is 0 Å². The molecule has 2 rings (SSSR count). The molecule has 160 valence electrons. The van der Waals surface area contributed by atoms with Crippen molar-refractivity contribution in [2.45, 2.75) is 34.1 Å². The van der Waals surface area contributed by atoms with E-state index in [1.54, 1.807) is 42.5 Å². The summed E-state index contributed by atoms with van der Waals surface area (Å²) in [5.74, 6) is 1.00. The molecular weight excluding hydrogens is 398 g/mol. The van der Waals surface area contributed by atoms with Crippen LogP contribution in [0, 0.1) is 11.8 Å². The number of rotatable bonds is 8. The number of amides is 2. The maximum atomic E-state index is 12.5. The first-order chi connectivity index (χ1) is 14.2. The summed E-state index contributed by atoms with van der Waals surface area (Å²) in [6.07, 6.45) is 0.472. The highest BCUT2D eigenvalue weighted by Gasteiger charge is 2.10. The predicted octanol–water partition coefficient (Wildman–Crippen LogP) is 4.83. The van der Waals surface area contributed by atoms with Crippen LogP contribution in [0.4, 0.5) is 11.4 Å².